The first-order chi connectivity index (χ1) is 11.5. The number of carbonyl (C=O) groups excluding carboxylic acids is 2. The second-order valence-electron chi connectivity index (χ2n) is 5.73. The molecular formula is C20H18N2O2. The Hall–Kier alpha value is -3.01. The molecule has 0 aliphatic heterocycles. The Bertz CT molecular complexity index is 835. The summed E-state index contributed by atoms with van der Waals surface area (Å²) in [4.78, 5) is 28.9. The Morgan fingerprint density at radius 2 is 1.38 bits per heavy atom. The lowest BCUT2D eigenvalue weighted by Gasteiger charge is -2.09. The van der Waals surface area contributed by atoms with Gasteiger partial charge >= 0.3 is 0 Å². The molecule has 0 unspecified atom stereocenters. The molecule has 120 valence electrons. The molecule has 0 atom stereocenters. The number of benzene rings is 1. The van der Waals surface area contributed by atoms with E-state index in [-0.39, 0.29) is 11.6 Å². The van der Waals surface area contributed by atoms with Gasteiger partial charge in [0.15, 0.2) is 11.6 Å². The molecule has 0 aliphatic rings. The molecule has 0 bridgehead atoms. The smallest absolute Gasteiger partial charge is 0.162 e. The van der Waals surface area contributed by atoms with Crippen LogP contribution in [0.2, 0.25) is 0 Å². The summed E-state index contributed by atoms with van der Waals surface area (Å²) in [5.74, 6) is -0.248. The summed E-state index contributed by atoms with van der Waals surface area (Å²) in [6.07, 6.45) is 3.39. The zero-order chi connectivity index (χ0) is 17.3. The molecular weight excluding hydrogens is 300 g/mol. The average molecular weight is 318 g/mol. The highest BCUT2D eigenvalue weighted by Crippen LogP contribution is 2.37. The molecule has 24 heavy (non-hydrogen) atoms. The molecule has 2 aromatic heterocycles. The maximum atomic E-state index is 12.4. The van der Waals surface area contributed by atoms with Crippen molar-refractivity contribution >= 4 is 11.6 Å². The number of pyridine rings is 1. The molecule has 0 amide bonds. The summed E-state index contributed by atoms with van der Waals surface area (Å²) < 4.78 is 1.92. The van der Waals surface area contributed by atoms with Gasteiger partial charge in [-0.2, -0.15) is 0 Å². The van der Waals surface area contributed by atoms with E-state index in [1.54, 1.807) is 12.4 Å². The highest BCUT2D eigenvalue weighted by molar-refractivity contribution is 6.15. The first-order valence-corrected chi connectivity index (χ1v) is 7.72. The van der Waals surface area contributed by atoms with Gasteiger partial charge in [0, 0.05) is 25.0 Å². The third-order valence-corrected chi connectivity index (χ3v) is 4.08. The van der Waals surface area contributed by atoms with E-state index in [1.165, 1.54) is 13.8 Å². The van der Waals surface area contributed by atoms with Crippen molar-refractivity contribution in [2.75, 3.05) is 0 Å². The summed E-state index contributed by atoms with van der Waals surface area (Å²) in [7, 11) is 1.88. The highest BCUT2D eigenvalue weighted by Gasteiger charge is 2.27. The predicted octanol–water partition coefficient (Wildman–Crippen LogP) is 4.16. The SMILES string of the molecule is CC(=O)c1c(C(C)=O)c(-c2cccnc2)n(C)c1-c1ccccc1. The summed E-state index contributed by atoms with van der Waals surface area (Å²) in [5, 5.41) is 0. The first kappa shape index (κ1) is 15.9. The van der Waals surface area contributed by atoms with Gasteiger partial charge in [-0.25, -0.2) is 0 Å². The second-order valence-corrected chi connectivity index (χ2v) is 5.73. The van der Waals surface area contributed by atoms with E-state index in [0.717, 1.165) is 22.5 Å². The van der Waals surface area contributed by atoms with Gasteiger partial charge in [0.2, 0.25) is 0 Å². The van der Waals surface area contributed by atoms with Crippen LogP contribution in [0.1, 0.15) is 34.6 Å². The van der Waals surface area contributed by atoms with Crippen molar-refractivity contribution in [1.82, 2.24) is 9.55 Å². The minimum atomic E-state index is -0.128. The van der Waals surface area contributed by atoms with Crippen LogP contribution in [-0.4, -0.2) is 21.1 Å². The predicted molar refractivity (Wildman–Crippen MR) is 94.1 cm³/mol. The van der Waals surface area contributed by atoms with Crippen molar-refractivity contribution in [2.45, 2.75) is 13.8 Å². The van der Waals surface area contributed by atoms with E-state index in [0.29, 0.717) is 11.1 Å². The van der Waals surface area contributed by atoms with Crippen LogP contribution >= 0.6 is 0 Å². The summed E-state index contributed by atoms with van der Waals surface area (Å²) >= 11 is 0. The van der Waals surface area contributed by atoms with E-state index in [2.05, 4.69) is 4.98 Å². The largest absolute Gasteiger partial charge is 0.342 e. The van der Waals surface area contributed by atoms with Gasteiger partial charge in [-0.3, -0.25) is 14.6 Å². The monoisotopic (exact) mass is 318 g/mol. The average Bonchev–Trinajstić information content (AvgIpc) is 2.90. The van der Waals surface area contributed by atoms with E-state index in [1.807, 2.05) is 54.1 Å². The van der Waals surface area contributed by atoms with Crippen LogP contribution in [0.4, 0.5) is 0 Å². The van der Waals surface area contributed by atoms with Crippen molar-refractivity contribution in [1.29, 1.82) is 0 Å². The standard InChI is InChI=1S/C20H18N2O2/c1-13(23)17-18(14(2)24)20(16-10-7-11-21-12-16)22(3)19(17)15-8-5-4-6-9-15/h4-12H,1-3H3. The second kappa shape index (κ2) is 6.24. The molecule has 0 radical (unpaired) electrons. The Kier molecular flexibility index (Phi) is 4.13. The normalized spacial score (nSPS) is 10.6. The van der Waals surface area contributed by atoms with E-state index >= 15 is 0 Å². The van der Waals surface area contributed by atoms with Gasteiger partial charge in [-0.1, -0.05) is 30.3 Å². The van der Waals surface area contributed by atoms with E-state index < -0.39 is 0 Å². The van der Waals surface area contributed by atoms with Gasteiger partial charge in [-0.05, 0) is 31.5 Å². The van der Waals surface area contributed by atoms with Crippen molar-refractivity contribution in [3.05, 3.63) is 66.0 Å². The number of Topliss-reactive ketones (excluding diaryl/α,β-unsaturated/α-hetero) is 2. The molecule has 0 spiro atoms. The molecule has 4 nitrogen and oxygen atoms in total. The number of aromatic nitrogens is 2. The minimum Gasteiger partial charge on any atom is -0.342 e. The molecule has 0 fully saturated rings. The highest BCUT2D eigenvalue weighted by atomic mass is 16.1. The summed E-state index contributed by atoms with van der Waals surface area (Å²) in [6, 6.07) is 13.4. The summed E-state index contributed by atoms with van der Waals surface area (Å²) in [5.41, 5.74) is 4.12. The van der Waals surface area contributed by atoms with Crippen LogP contribution in [0, 0.1) is 0 Å². The fourth-order valence-electron chi connectivity index (χ4n) is 3.14. The quantitative estimate of drug-likeness (QED) is 0.679. The third kappa shape index (κ3) is 2.56. The maximum absolute atomic E-state index is 12.4. The lowest BCUT2D eigenvalue weighted by Crippen LogP contribution is -2.03. The van der Waals surface area contributed by atoms with Crippen molar-refractivity contribution in [2.24, 2.45) is 7.05 Å². The zero-order valence-electron chi connectivity index (χ0n) is 13.9. The fourth-order valence-corrected chi connectivity index (χ4v) is 3.14. The molecule has 0 N–H and O–H groups in total. The zero-order valence-corrected chi connectivity index (χ0v) is 13.9. The minimum absolute atomic E-state index is 0.121. The molecule has 0 saturated heterocycles. The number of hydrogen-bond acceptors (Lipinski definition) is 3. The maximum Gasteiger partial charge on any atom is 0.162 e. The topological polar surface area (TPSA) is 52.0 Å². The number of ketones is 2. The van der Waals surface area contributed by atoms with Gasteiger partial charge in [0.25, 0.3) is 0 Å². The summed E-state index contributed by atoms with van der Waals surface area (Å²) in [6.45, 7) is 3.00. The van der Waals surface area contributed by atoms with Crippen molar-refractivity contribution < 1.29 is 9.59 Å². The van der Waals surface area contributed by atoms with Crippen molar-refractivity contribution in [3.63, 3.8) is 0 Å². The van der Waals surface area contributed by atoms with E-state index in [9.17, 15) is 9.59 Å². The number of carbonyl (C=O) groups is 2. The number of hydrogen-bond donors (Lipinski definition) is 0. The Balaban J connectivity index is 2.43. The van der Waals surface area contributed by atoms with Gasteiger partial charge in [0.05, 0.1) is 22.5 Å². The lowest BCUT2D eigenvalue weighted by atomic mass is 9.97. The van der Waals surface area contributed by atoms with Gasteiger partial charge in [-0.15, -0.1) is 0 Å². The van der Waals surface area contributed by atoms with Gasteiger partial charge in [0.1, 0.15) is 0 Å². The van der Waals surface area contributed by atoms with E-state index in [4.69, 9.17) is 0 Å². The third-order valence-electron chi connectivity index (χ3n) is 4.08. The first-order valence-electron chi connectivity index (χ1n) is 7.72. The molecule has 4 heteroatoms. The van der Waals surface area contributed by atoms with Crippen LogP contribution in [0.3, 0.4) is 0 Å². The van der Waals surface area contributed by atoms with Crippen LogP contribution in [0.15, 0.2) is 54.9 Å². The number of nitrogens with zero attached hydrogens (tertiary/aromatic N) is 2. The Morgan fingerprint density at radius 3 is 1.88 bits per heavy atom. The lowest BCUT2D eigenvalue weighted by molar-refractivity contribution is 0.0982. The molecule has 1 aromatic carbocycles. The van der Waals surface area contributed by atoms with Crippen LogP contribution in [0.25, 0.3) is 22.5 Å². The van der Waals surface area contributed by atoms with Crippen LogP contribution in [0.5, 0.6) is 0 Å². The molecule has 2 heterocycles. The fraction of sp³-hybridized carbons (Fsp3) is 0.150. The molecule has 0 saturated carbocycles. The molecule has 3 rings (SSSR count). The van der Waals surface area contributed by atoms with Crippen LogP contribution < -0.4 is 0 Å². The van der Waals surface area contributed by atoms with Crippen molar-refractivity contribution in [3.8, 4) is 22.5 Å². The molecule has 3 aromatic rings. The Labute approximate surface area is 140 Å². The van der Waals surface area contributed by atoms with Crippen LogP contribution in [-0.2, 0) is 7.05 Å². The molecule has 0 aliphatic carbocycles. The van der Waals surface area contributed by atoms with Gasteiger partial charge < -0.3 is 4.57 Å². The number of rotatable bonds is 4. The Morgan fingerprint density at radius 1 is 0.833 bits per heavy atom.